The van der Waals surface area contributed by atoms with E-state index in [1.807, 2.05) is 34.6 Å². The number of aromatic nitrogens is 3. The van der Waals surface area contributed by atoms with Crippen LogP contribution in [0.5, 0.6) is 0 Å². The molecule has 0 aliphatic heterocycles. The standard InChI is InChI=1S/C12H22N4O2/c1-11(2,3)10-14-8(15-16-10)9(18)13-6-12(4,5)7-17/h17H,6-7H2,1-5H3,(H,13,18)(H,14,15,16). The fraction of sp³-hybridized carbons (Fsp3) is 0.750. The number of nitrogens with zero attached hydrogens (tertiary/aromatic N) is 2. The molecule has 1 amide bonds. The van der Waals surface area contributed by atoms with E-state index in [9.17, 15) is 4.79 Å². The van der Waals surface area contributed by atoms with Crippen LogP contribution in [0.3, 0.4) is 0 Å². The molecule has 0 saturated carbocycles. The van der Waals surface area contributed by atoms with Crippen molar-refractivity contribution in [2.45, 2.75) is 40.0 Å². The average molecular weight is 254 g/mol. The second kappa shape index (κ2) is 5.06. The van der Waals surface area contributed by atoms with Crippen molar-refractivity contribution in [2.24, 2.45) is 5.41 Å². The van der Waals surface area contributed by atoms with E-state index in [0.29, 0.717) is 12.4 Å². The molecule has 0 saturated heterocycles. The van der Waals surface area contributed by atoms with Gasteiger partial charge in [0.15, 0.2) is 0 Å². The molecule has 0 fully saturated rings. The Hall–Kier alpha value is -1.43. The van der Waals surface area contributed by atoms with Crippen molar-refractivity contribution in [2.75, 3.05) is 13.2 Å². The number of amides is 1. The van der Waals surface area contributed by atoms with Crippen LogP contribution >= 0.6 is 0 Å². The number of hydrogen-bond acceptors (Lipinski definition) is 4. The van der Waals surface area contributed by atoms with Gasteiger partial charge in [-0.25, -0.2) is 4.98 Å². The number of H-pyrrole nitrogens is 1. The number of aliphatic hydroxyl groups is 1. The molecule has 0 aliphatic rings. The predicted octanol–water partition coefficient (Wildman–Crippen LogP) is 0.850. The minimum absolute atomic E-state index is 0.00845. The van der Waals surface area contributed by atoms with Gasteiger partial charge < -0.3 is 10.4 Å². The molecule has 0 aromatic carbocycles. The molecule has 0 unspecified atom stereocenters. The summed E-state index contributed by atoms with van der Waals surface area (Å²) < 4.78 is 0. The van der Waals surface area contributed by atoms with Crippen LogP contribution in [0.15, 0.2) is 0 Å². The predicted molar refractivity (Wildman–Crippen MR) is 68.3 cm³/mol. The van der Waals surface area contributed by atoms with Crippen molar-refractivity contribution in [1.29, 1.82) is 0 Å². The number of hydrogen-bond donors (Lipinski definition) is 3. The maximum absolute atomic E-state index is 11.8. The highest BCUT2D eigenvalue weighted by Gasteiger charge is 2.23. The number of aliphatic hydroxyl groups excluding tert-OH is 1. The first kappa shape index (κ1) is 14.6. The highest BCUT2D eigenvalue weighted by Crippen LogP contribution is 2.17. The topological polar surface area (TPSA) is 90.9 Å². The van der Waals surface area contributed by atoms with Crippen molar-refractivity contribution in [3.05, 3.63) is 11.6 Å². The van der Waals surface area contributed by atoms with Gasteiger partial charge in [-0.2, -0.15) is 0 Å². The van der Waals surface area contributed by atoms with Gasteiger partial charge in [0.2, 0.25) is 5.82 Å². The van der Waals surface area contributed by atoms with Gasteiger partial charge in [-0.05, 0) is 0 Å². The zero-order valence-corrected chi connectivity index (χ0v) is 11.7. The van der Waals surface area contributed by atoms with Crippen molar-refractivity contribution in [1.82, 2.24) is 20.5 Å². The third kappa shape index (κ3) is 3.80. The van der Waals surface area contributed by atoms with Crippen molar-refractivity contribution in [3.8, 4) is 0 Å². The Labute approximate surface area is 107 Å². The highest BCUT2D eigenvalue weighted by molar-refractivity contribution is 5.90. The Morgan fingerprint density at radius 3 is 2.39 bits per heavy atom. The zero-order chi connectivity index (χ0) is 14.0. The lowest BCUT2D eigenvalue weighted by molar-refractivity contribution is 0.0901. The van der Waals surface area contributed by atoms with Gasteiger partial charge in [-0.1, -0.05) is 34.6 Å². The molecular weight excluding hydrogens is 232 g/mol. The second-order valence-corrected chi connectivity index (χ2v) is 6.26. The van der Waals surface area contributed by atoms with E-state index in [1.165, 1.54) is 0 Å². The molecule has 3 N–H and O–H groups in total. The molecule has 1 aromatic rings. The Balaban J connectivity index is 2.66. The number of carbonyl (C=O) groups excluding carboxylic acids is 1. The summed E-state index contributed by atoms with van der Waals surface area (Å²) >= 11 is 0. The van der Waals surface area contributed by atoms with Crippen LogP contribution in [0.1, 0.15) is 51.1 Å². The van der Waals surface area contributed by atoms with Crippen LogP contribution in [0, 0.1) is 5.41 Å². The molecule has 102 valence electrons. The lowest BCUT2D eigenvalue weighted by Gasteiger charge is -2.21. The van der Waals surface area contributed by atoms with E-state index >= 15 is 0 Å². The van der Waals surface area contributed by atoms with Gasteiger partial charge in [0.25, 0.3) is 5.91 Å². The van der Waals surface area contributed by atoms with Crippen molar-refractivity contribution in [3.63, 3.8) is 0 Å². The third-order valence-electron chi connectivity index (χ3n) is 2.55. The minimum Gasteiger partial charge on any atom is -0.396 e. The first-order valence-electron chi connectivity index (χ1n) is 5.98. The van der Waals surface area contributed by atoms with E-state index in [1.54, 1.807) is 0 Å². The zero-order valence-electron chi connectivity index (χ0n) is 11.7. The number of aromatic amines is 1. The summed E-state index contributed by atoms with van der Waals surface area (Å²) in [5, 5.41) is 18.5. The highest BCUT2D eigenvalue weighted by atomic mass is 16.3. The van der Waals surface area contributed by atoms with Gasteiger partial charge in [-0.3, -0.25) is 9.89 Å². The number of rotatable bonds is 4. The molecule has 1 heterocycles. The number of carbonyl (C=O) groups is 1. The Bertz CT molecular complexity index is 418. The molecule has 0 aliphatic carbocycles. The van der Waals surface area contributed by atoms with Crippen LogP contribution in [0.25, 0.3) is 0 Å². The summed E-state index contributed by atoms with van der Waals surface area (Å²) in [6, 6.07) is 0. The number of nitrogens with one attached hydrogen (secondary N) is 2. The maximum atomic E-state index is 11.8. The maximum Gasteiger partial charge on any atom is 0.290 e. The van der Waals surface area contributed by atoms with Gasteiger partial charge in [-0.15, -0.1) is 5.10 Å². The summed E-state index contributed by atoms with van der Waals surface area (Å²) in [5.74, 6) is 0.478. The first-order chi connectivity index (χ1) is 8.15. The molecule has 1 aromatic heterocycles. The molecule has 0 spiro atoms. The van der Waals surface area contributed by atoms with E-state index in [0.717, 1.165) is 0 Å². The summed E-state index contributed by atoms with van der Waals surface area (Å²) in [6.45, 7) is 10.1. The summed E-state index contributed by atoms with van der Waals surface area (Å²) in [5.41, 5.74) is -0.519. The van der Waals surface area contributed by atoms with Crippen LogP contribution in [-0.2, 0) is 5.41 Å². The van der Waals surface area contributed by atoms with Gasteiger partial charge in [0.1, 0.15) is 5.82 Å². The van der Waals surface area contributed by atoms with E-state index in [-0.39, 0.29) is 29.2 Å². The SMILES string of the molecule is CC(C)(CO)CNC(=O)c1n[nH]c(C(C)(C)C)n1. The fourth-order valence-corrected chi connectivity index (χ4v) is 1.15. The lowest BCUT2D eigenvalue weighted by Crippen LogP contribution is -2.36. The van der Waals surface area contributed by atoms with Gasteiger partial charge in [0.05, 0.1) is 0 Å². The lowest BCUT2D eigenvalue weighted by atomic mass is 9.95. The minimum atomic E-state index is -0.348. The quantitative estimate of drug-likeness (QED) is 0.743. The second-order valence-electron chi connectivity index (χ2n) is 6.26. The van der Waals surface area contributed by atoms with Gasteiger partial charge >= 0.3 is 0 Å². The van der Waals surface area contributed by atoms with Crippen molar-refractivity contribution < 1.29 is 9.90 Å². The normalized spacial score (nSPS) is 12.6. The monoisotopic (exact) mass is 254 g/mol. The first-order valence-corrected chi connectivity index (χ1v) is 5.98. The molecule has 6 heteroatoms. The molecule has 0 radical (unpaired) electrons. The third-order valence-corrected chi connectivity index (χ3v) is 2.55. The molecule has 0 atom stereocenters. The molecule has 0 bridgehead atoms. The van der Waals surface area contributed by atoms with Crippen LogP contribution in [0.4, 0.5) is 0 Å². The Morgan fingerprint density at radius 2 is 1.94 bits per heavy atom. The average Bonchev–Trinajstić information content (AvgIpc) is 2.75. The van der Waals surface area contributed by atoms with E-state index in [2.05, 4.69) is 20.5 Å². The summed E-state index contributed by atoms with van der Waals surface area (Å²) in [6.07, 6.45) is 0. The van der Waals surface area contributed by atoms with Crippen molar-refractivity contribution >= 4 is 5.91 Å². The molecule has 18 heavy (non-hydrogen) atoms. The summed E-state index contributed by atoms with van der Waals surface area (Å²) in [4.78, 5) is 16.0. The van der Waals surface area contributed by atoms with Gasteiger partial charge in [0, 0.05) is 24.0 Å². The Kier molecular flexibility index (Phi) is 4.11. The van der Waals surface area contributed by atoms with Crippen LogP contribution in [-0.4, -0.2) is 39.3 Å². The molecular formula is C12H22N4O2. The smallest absolute Gasteiger partial charge is 0.290 e. The molecule has 1 rings (SSSR count). The van der Waals surface area contributed by atoms with E-state index in [4.69, 9.17) is 5.11 Å². The molecule has 6 nitrogen and oxygen atoms in total. The summed E-state index contributed by atoms with van der Waals surface area (Å²) in [7, 11) is 0. The Morgan fingerprint density at radius 1 is 1.33 bits per heavy atom. The van der Waals surface area contributed by atoms with E-state index < -0.39 is 0 Å². The van der Waals surface area contributed by atoms with Crippen LogP contribution in [0.2, 0.25) is 0 Å². The largest absolute Gasteiger partial charge is 0.396 e. The van der Waals surface area contributed by atoms with Crippen LogP contribution < -0.4 is 5.32 Å². The fourth-order valence-electron chi connectivity index (χ4n) is 1.15.